The summed E-state index contributed by atoms with van der Waals surface area (Å²) in [5.41, 5.74) is 4.05. The molecule has 1 aromatic carbocycles. The van der Waals surface area contributed by atoms with Crippen LogP contribution in [0.4, 0.5) is 5.69 Å². The SMILES string of the molecule is C#Cc1ccc(NN=C(Cl)C(=O)OCC)cc1. The molecule has 88 valence electrons. The zero-order chi connectivity index (χ0) is 12.7. The highest BCUT2D eigenvalue weighted by Gasteiger charge is 2.08. The van der Waals surface area contributed by atoms with E-state index in [1.165, 1.54) is 0 Å². The van der Waals surface area contributed by atoms with Crippen molar-refractivity contribution in [2.45, 2.75) is 6.92 Å². The highest BCUT2D eigenvalue weighted by atomic mass is 35.5. The lowest BCUT2D eigenvalue weighted by Gasteiger charge is -2.02. The van der Waals surface area contributed by atoms with Crippen LogP contribution in [0.15, 0.2) is 29.4 Å². The number of hydrogen-bond acceptors (Lipinski definition) is 4. The second-order valence-corrected chi connectivity index (χ2v) is 3.31. The Hall–Kier alpha value is -1.99. The topological polar surface area (TPSA) is 50.7 Å². The van der Waals surface area contributed by atoms with Gasteiger partial charge in [0.15, 0.2) is 0 Å². The van der Waals surface area contributed by atoms with Gasteiger partial charge in [-0.25, -0.2) is 4.79 Å². The summed E-state index contributed by atoms with van der Waals surface area (Å²) < 4.78 is 4.66. The van der Waals surface area contributed by atoms with Crippen LogP contribution < -0.4 is 5.43 Å². The highest BCUT2D eigenvalue weighted by molar-refractivity contribution is 6.82. The fraction of sp³-hybridized carbons (Fsp3) is 0.167. The van der Waals surface area contributed by atoms with E-state index in [1.54, 1.807) is 31.2 Å². The first-order chi connectivity index (χ1) is 8.17. The fourth-order valence-corrected chi connectivity index (χ4v) is 1.09. The van der Waals surface area contributed by atoms with Gasteiger partial charge < -0.3 is 4.74 Å². The molecule has 0 saturated carbocycles. The molecule has 0 amide bonds. The molecule has 1 N–H and O–H groups in total. The summed E-state index contributed by atoms with van der Waals surface area (Å²) in [6, 6.07) is 6.95. The first-order valence-corrected chi connectivity index (χ1v) is 5.28. The van der Waals surface area contributed by atoms with Gasteiger partial charge in [-0.05, 0) is 31.2 Å². The molecule has 0 bridgehead atoms. The fourth-order valence-electron chi connectivity index (χ4n) is 0.991. The van der Waals surface area contributed by atoms with E-state index in [2.05, 4.69) is 21.2 Å². The van der Waals surface area contributed by atoms with Crippen LogP contribution in [0.3, 0.4) is 0 Å². The van der Waals surface area contributed by atoms with Gasteiger partial charge in [0.2, 0.25) is 5.17 Å². The van der Waals surface area contributed by atoms with Crippen molar-refractivity contribution in [1.29, 1.82) is 0 Å². The molecule has 0 unspecified atom stereocenters. The molecule has 0 aliphatic heterocycles. The Morgan fingerprint density at radius 2 is 2.18 bits per heavy atom. The standard InChI is InChI=1S/C12H11ClN2O2/c1-3-9-5-7-10(8-6-9)14-15-11(13)12(16)17-4-2/h1,5-8,14H,4H2,2H3. The third-order valence-corrected chi connectivity index (χ3v) is 2.02. The second-order valence-electron chi connectivity index (χ2n) is 2.96. The molecule has 1 aromatic rings. The number of anilines is 1. The van der Waals surface area contributed by atoms with Crippen LogP contribution in [0.2, 0.25) is 0 Å². The smallest absolute Gasteiger partial charge is 0.370 e. The van der Waals surface area contributed by atoms with E-state index in [1.807, 2.05) is 0 Å². The third-order valence-electron chi connectivity index (χ3n) is 1.78. The molecule has 0 fully saturated rings. The largest absolute Gasteiger partial charge is 0.461 e. The maximum absolute atomic E-state index is 11.1. The number of halogens is 1. The number of benzene rings is 1. The van der Waals surface area contributed by atoms with Crippen LogP contribution in [0.1, 0.15) is 12.5 Å². The Balaban J connectivity index is 2.63. The van der Waals surface area contributed by atoms with Gasteiger partial charge in [0.1, 0.15) is 0 Å². The summed E-state index contributed by atoms with van der Waals surface area (Å²) in [5.74, 6) is 1.83. The minimum absolute atomic E-state index is 0.251. The van der Waals surface area contributed by atoms with Crippen LogP contribution in [-0.4, -0.2) is 17.7 Å². The normalized spacial score (nSPS) is 10.5. The van der Waals surface area contributed by atoms with Gasteiger partial charge in [-0.2, -0.15) is 5.10 Å². The first kappa shape index (κ1) is 13.1. The summed E-state index contributed by atoms with van der Waals surface area (Å²) in [6.07, 6.45) is 5.21. The Morgan fingerprint density at radius 3 is 2.71 bits per heavy atom. The van der Waals surface area contributed by atoms with Gasteiger partial charge in [0.25, 0.3) is 0 Å². The number of nitrogens with one attached hydrogen (secondary N) is 1. The van der Waals surface area contributed by atoms with E-state index in [-0.39, 0.29) is 11.8 Å². The first-order valence-electron chi connectivity index (χ1n) is 4.90. The zero-order valence-electron chi connectivity index (χ0n) is 9.24. The van der Waals surface area contributed by atoms with Gasteiger partial charge in [-0.3, -0.25) is 5.43 Å². The summed E-state index contributed by atoms with van der Waals surface area (Å²) >= 11 is 5.60. The van der Waals surface area contributed by atoms with Gasteiger partial charge in [-0.15, -0.1) is 6.42 Å². The maximum Gasteiger partial charge on any atom is 0.370 e. The number of carbonyl (C=O) groups excluding carboxylic acids is 1. The summed E-state index contributed by atoms with van der Waals surface area (Å²) in [4.78, 5) is 11.1. The van der Waals surface area contributed by atoms with Crippen molar-refractivity contribution in [2.75, 3.05) is 12.0 Å². The molecule has 0 aliphatic rings. The van der Waals surface area contributed by atoms with E-state index >= 15 is 0 Å². The summed E-state index contributed by atoms with van der Waals surface area (Å²) in [5, 5.41) is 3.42. The van der Waals surface area contributed by atoms with E-state index in [0.29, 0.717) is 5.69 Å². The van der Waals surface area contributed by atoms with Crippen LogP contribution in [0, 0.1) is 12.3 Å². The quantitative estimate of drug-likeness (QED) is 0.386. The molecule has 4 nitrogen and oxygen atoms in total. The minimum atomic E-state index is -0.665. The van der Waals surface area contributed by atoms with E-state index in [9.17, 15) is 4.79 Å². The number of terminal acetylenes is 1. The molecule has 0 aliphatic carbocycles. The van der Waals surface area contributed by atoms with Crippen LogP contribution in [0.5, 0.6) is 0 Å². The van der Waals surface area contributed by atoms with E-state index in [4.69, 9.17) is 18.0 Å². The van der Waals surface area contributed by atoms with Crippen molar-refractivity contribution in [3.63, 3.8) is 0 Å². The number of esters is 1. The van der Waals surface area contributed by atoms with Crippen molar-refractivity contribution >= 4 is 28.4 Å². The van der Waals surface area contributed by atoms with Crippen LogP contribution in [-0.2, 0) is 9.53 Å². The second kappa shape index (κ2) is 6.56. The molecule has 0 aromatic heterocycles. The number of hydrazone groups is 1. The van der Waals surface area contributed by atoms with Crippen molar-refractivity contribution in [3.8, 4) is 12.3 Å². The lowest BCUT2D eigenvalue weighted by molar-refractivity contribution is -0.134. The molecule has 0 saturated heterocycles. The lowest BCUT2D eigenvalue weighted by Crippen LogP contribution is -2.13. The third kappa shape index (κ3) is 4.17. The Bertz CT molecular complexity index is 460. The Kier molecular flexibility index (Phi) is 5.05. The van der Waals surface area contributed by atoms with Crippen LogP contribution in [0.25, 0.3) is 0 Å². The van der Waals surface area contributed by atoms with Crippen molar-refractivity contribution in [3.05, 3.63) is 29.8 Å². The average Bonchev–Trinajstić information content (AvgIpc) is 2.36. The molecular formula is C12H11ClN2O2. The Morgan fingerprint density at radius 1 is 1.53 bits per heavy atom. The van der Waals surface area contributed by atoms with Gasteiger partial charge in [0.05, 0.1) is 12.3 Å². The number of rotatable bonds is 4. The number of hydrogen-bond donors (Lipinski definition) is 1. The van der Waals surface area contributed by atoms with Crippen molar-refractivity contribution < 1.29 is 9.53 Å². The lowest BCUT2D eigenvalue weighted by atomic mass is 10.2. The van der Waals surface area contributed by atoms with Gasteiger partial charge in [-0.1, -0.05) is 17.5 Å². The zero-order valence-corrected chi connectivity index (χ0v) is 9.99. The molecule has 5 heteroatoms. The number of carbonyl (C=O) groups is 1. The summed E-state index contributed by atoms with van der Waals surface area (Å²) in [7, 11) is 0. The average molecular weight is 251 g/mol. The highest BCUT2D eigenvalue weighted by Crippen LogP contribution is 2.08. The predicted octanol–water partition coefficient (Wildman–Crippen LogP) is 2.20. The van der Waals surface area contributed by atoms with Gasteiger partial charge >= 0.3 is 5.97 Å². The van der Waals surface area contributed by atoms with E-state index < -0.39 is 5.97 Å². The molecule has 0 atom stereocenters. The van der Waals surface area contributed by atoms with Crippen molar-refractivity contribution in [2.24, 2.45) is 5.10 Å². The minimum Gasteiger partial charge on any atom is -0.461 e. The molecule has 0 spiro atoms. The van der Waals surface area contributed by atoms with Crippen LogP contribution >= 0.6 is 11.6 Å². The van der Waals surface area contributed by atoms with Crippen molar-refractivity contribution in [1.82, 2.24) is 0 Å². The molecule has 0 heterocycles. The number of nitrogens with zero attached hydrogens (tertiary/aromatic N) is 1. The molecule has 17 heavy (non-hydrogen) atoms. The van der Waals surface area contributed by atoms with Gasteiger partial charge in [0, 0.05) is 5.56 Å². The maximum atomic E-state index is 11.1. The van der Waals surface area contributed by atoms with E-state index in [0.717, 1.165) is 5.56 Å². The monoisotopic (exact) mass is 250 g/mol. The Labute approximate surface area is 105 Å². The number of ether oxygens (including phenoxy) is 1. The molecular weight excluding hydrogens is 240 g/mol. The molecule has 1 rings (SSSR count). The predicted molar refractivity (Wildman–Crippen MR) is 67.9 cm³/mol. The summed E-state index contributed by atoms with van der Waals surface area (Å²) in [6.45, 7) is 1.94. The molecule has 0 radical (unpaired) electrons.